The highest BCUT2D eigenvalue weighted by Crippen LogP contribution is 2.25. The molecule has 2 rings (SSSR count). The molecule has 2 aromatic carbocycles. The van der Waals surface area contributed by atoms with E-state index in [-0.39, 0.29) is 5.82 Å². The fraction of sp³-hybridized carbons (Fsp3) is 0.250. The number of halogens is 1. The van der Waals surface area contributed by atoms with Crippen LogP contribution in [0, 0.1) is 19.7 Å². The highest BCUT2D eigenvalue weighted by Gasteiger charge is 2.14. The quantitative estimate of drug-likeness (QED) is 0.872. The van der Waals surface area contributed by atoms with Gasteiger partial charge < -0.3 is 5.11 Å². The summed E-state index contributed by atoms with van der Waals surface area (Å²) in [7, 11) is 0. The van der Waals surface area contributed by atoms with Crippen molar-refractivity contribution in [2.45, 2.75) is 26.4 Å². The van der Waals surface area contributed by atoms with Crippen molar-refractivity contribution in [1.82, 2.24) is 0 Å². The van der Waals surface area contributed by atoms with Gasteiger partial charge in [0.2, 0.25) is 0 Å². The second-order valence-corrected chi connectivity index (χ2v) is 4.66. The first-order chi connectivity index (χ1) is 8.58. The summed E-state index contributed by atoms with van der Waals surface area (Å²) in [6, 6.07) is 12.8. The Morgan fingerprint density at radius 2 is 1.61 bits per heavy atom. The lowest BCUT2D eigenvalue weighted by atomic mass is 9.94. The van der Waals surface area contributed by atoms with Gasteiger partial charge in [0.25, 0.3) is 0 Å². The zero-order valence-electron chi connectivity index (χ0n) is 10.7. The van der Waals surface area contributed by atoms with Gasteiger partial charge in [-0.1, -0.05) is 30.3 Å². The molecule has 0 aromatic heterocycles. The molecule has 0 bridgehead atoms. The topological polar surface area (TPSA) is 20.2 Å². The average Bonchev–Trinajstić information content (AvgIpc) is 2.28. The van der Waals surface area contributed by atoms with E-state index in [9.17, 15) is 9.50 Å². The van der Waals surface area contributed by atoms with Gasteiger partial charge in [-0.2, -0.15) is 0 Å². The third-order valence-electron chi connectivity index (χ3n) is 3.16. The highest BCUT2D eigenvalue weighted by atomic mass is 19.1. The van der Waals surface area contributed by atoms with Crippen LogP contribution in [-0.2, 0) is 6.42 Å². The Bertz CT molecular complexity index is 511. The maximum absolute atomic E-state index is 13.2. The molecule has 0 aliphatic carbocycles. The first kappa shape index (κ1) is 12.8. The molecule has 0 radical (unpaired) electrons. The fourth-order valence-corrected chi connectivity index (χ4v) is 2.39. The Balaban J connectivity index is 2.27. The zero-order valence-corrected chi connectivity index (χ0v) is 10.7. The van der Waals surface area contributed by atoms with Crippen LogP contribution in [0.15, 0.2) is 42.5 Å². The summed E-state index contributed by atoms with van der Waals surface area (Å²) in [4.78, 5) is 0. The van der Waals surface area contributed by atoms with Crippen LogP contribution in [0.4, 0.5) is 4.39 Å². The molecular formula is C16H17FO. The van der Waals surface area contributed by atoms with Crippen LogP contribution in [0.1, 0.15) is 28.4 Å². The molecule has 18 heavy (non-hydrogen) atoms. The van der Waals surface area contributed by atoms with Gasteiger partial charge in [0.05, 0.1) is 6.10 Å². The van der Waals surface area contributed by atoms with Crippen LogP contribution < -0.4 is 0 Å². The van der Waals surface area contributed by atoms with Gasteiger partial charge in [-0.25, -0.2) is 4.39 Å². The molecule has 2 heteroatoms. The van der Waals surface area contributed by atoms with Gasteiger partial charge in [-0.15, -0.1) is 0 Å². The molecular weight excluding hydrogens is 227 g/mol. The number of hydrogen-bond acceptors (Lipinski definition) is 1. The Kier molecular flexibility index (Phi) is 3.78. The summed E-state index contributed by atoms with van der Waals surface area (Å²) >= 11 is 0. The van der Waals surface area contributed by atoms with Gasteiger partial charge in [-0.3, -0.25) is 0 Å². The Labute approximate surface area is 107 Å². The number of aryl methyl sites for hydroxylation is 2. The maximum atomic E-state index is 13.2. The molecule has 0 saturated heterocycles. The van der Waals surface area contributed by atoms with E-state index in [1.54, 1.807) is 0 Å². The zero-order chi connectivity index (χ0) is 13.1. The molecule has 0 fully saturated rings. The first-order valence-electron chi connectivity index (χ1n) is 6.06. The van der Waals surface area contributed by atoms with Crippen LogP contribution in [-0.4, -0.2) is 5.11 Å². The van der Waals surface area contributed by atoms with Gasteiger partial charge in [-0.05, 0) is 48.2 Å². The van der Waals surface area contributed by atoms with Crippen molar-refractivity contribution in [3.05, 3.63) is 70.5 Å². The van der Waals surface area contributed by atoms with Crippen molar-refractivity contribution in [2.75, 3.05) is 0 Å². The van der Waals surface area contributed by atoms with Crippen LogP contribution in [0.25, 0.3) is 0 Å². The minimum Gasteiger partial charge on any atom is -0.388 e. The van der Waals surface area contributed by atoms with E-state index < -0.39 is 6.10 Å². The monoisotopic (exact) mass is 244 g/mol. The molecule has 1 unspecified atom stereocenters. The summed E-state index contributed by atoms with van der Waals surface area (Å²) in [5.74, 6) is -0.249. The lowest BCUT2D eigenvalue weighted by Crippen LogP contribution is -2.06. The molecule has 0 amide bonds. The van der Waals surface area contributed by atoms with Gasteiger partial charge in [0.15, 0.2) is 0 Å². The molecule has 1 atom stereocenters. The largest absolute Gasteiger partial charge is 0.388 e. The Hall–Kier alpha value is -1.67. The third-order valence-corrected chi connectivity index (χ3v) is 3.16. The first-order valence-corrected chi connectivity index (χ1v) is 6.06. The van der Waals surface area contributed by atoms with Crippen molar-refractivity contribution in [3.8, 4) is 0 Å². The molecule has 0 heterocycles. The minimum absolute atomic E-state index is 0.249. The normalized spacial score (nSPS) is 12.4. The molecule has 0 saturated carbocycles. The molecule has 94 valence electrons. The summed E-state index contributed by atoms with van der Waals surface area (Å²) in [5, 5.41) is 10.3. The number of aliphatic hydroxyl groups is 1. The van der Waals surface area contributed by atoms with Crippen molar-refractivity contribution in [2.24, 2.45) is 0 Å². The molecule has 2 aromatic rings. The second kappa shape index (κ2) is 5.32. The van der Waals surface area contributed by atoms with Gasteiger partial charge in [0, 0.05) is 6.42 Å². The lowest BCUT2D eigenvalue weighted by Gasteiger charge is -2.17. The van der Waals surface area contributed by atoms with E-state index in [0.717, 1.165) is 22.3 Å². The molecule has 1 nitrogen and oxygen atoms in total. The Morgan fingerprint density at radius 1 is 1.06 bits per heavy atom. The number of hydrogen-bond donors (Lipinski definition) is 1. The van der Waals surface area contributed by atoms with E-state index in [1.807, 2.05) is 44.2 Å². The lowest BCUT2D eigenvalue weighted by molar-refractivity contribution is 0.177. The fourth-order valence-electron chi connectivity index (χ4n) is 2.39. The SMILES string of the molecule is Cc1cc(F)cc(C)c1C(O)Cc1ccccc1. The van der Waals surface area contributed by atoms with E-state index >= 15 is 0 Å². The standard InChI is InChI=1S/C16H17FO/c1-11-8-14(17)9-12(2)16(11)15(18)10-13-6-4-3-5-7-13/h3-9,15,18H,10H2,1-2H3. The van der Waals surface area contributed by atoms with E-state index in [2.05, 4.69) is 0 Å². The summed E-state index contributed by atoms with van der Waals surface area (Å²) < 4.78 is 13.2. The van der Waals surface area contributed by atoms with Crippen LogP contribution in [0.2, 0.25) is 0 Å². The van der Waals surface area contributed by atoms with E-state index in [4.69, 9.17) is 0 Å². The maximum Gasteiger partial charge on any atom is 0.123 e. The van der Waals surface area contributed by atoms with Crippen molar-refractivity contribution >= 4 is 0 Å². The summed E-state index contributed by atoms with van der Waals surface area (Å²) in [6.45, 7) is 3.67. The highest BCUT2D eigenvalue weighted by molar-refractivity contribution is 5.37. The summed E-state index contributed by atoms with van der Waals surface area (Å²) in [6.07, 6.45) is -0.0401. The minimum atomic E-state index is -0.590. The molecule has 1 N–H and O–H groups in total. The average molecular weight is 244 g/mol. The van der Waals surface area contributed by atoms with Crippen molar-refractivity contribution in [1.29, 1.82) is 0 Å². The second-order valence-electron chi connectivity index (χ2n) is 4.66. The summed E-state index contributed by atoms with van der Waals surface area (Å²) in [5.41, 5.74) is 3.51. The Morgan fingerprint density at radius 3 is 2.17 bits per heavy atom. The van der Waals surface area contributed by atoms with E-state index in [0.29, 0.717) is 6.42 Å². The van der Waals surface area contributed by atoms with Crippen molar-refractivity contribution in [3.63, 3.8) is 0 Å². The van der Waals surface area contributed by atoms with E-state index in [1.165, 1.54) is 12.1 Å². The smallest absolute Gasteiger partial charge is 0.123 e. The number of aliphatic hydroxyl groups excluding tert-OH is 1. The van der Waals surface area contributed by atoms with Gasteiger partial charge >= 0.3 is 0 Å². The predicted octanol–water partition coefficient (Wildman–Crippen LogP) is 3.72. The number of rotatable bonds is 3. The third kappa shape index (κ3) is 2.77. The molecule has 0 spiro atoms. The van der Waals surface area contributed by atoms with Crippen LogP contribution >= 0.6 is 0 Å². The predicted molar refractivity (Wildman–Crippen MR) is 71.0 cm³/mol. The molecule has 0 aliphatic heterocycles. The number of benzene rings is 2. The van der Waals surface area contributed by atoms with Crippen LogP contribution in [0.5, 0.6) is 0 Å². The van der Waals surface area contributed by atoms with Crippen molar-refractivity contribution < 1.29 is 9.50 Å². The molecule has 0 aliphatic rings. The van der Waals surface area contributed by atoms with Crippen LogP contribution in [0.3, 0.4) is 0 Å². The van der Waals surface area contributed by atoms with Gasteiger partial charge in [0.1, 0.15) is 5.82 Å².